The lowest BCUT2D eigenvalue weighted by Gasteiger charge is -2.08. The molecule has 0 saturated carbocycles. The van der Waals surface area contributed by atoms with Crippen molar-refractivity contribution in [2.45, 2.75) is 6.67 Å². The van der Waals surface area contributed by atoms with Crippen LogP contribution < -0.4 is 4.90 Å². The van der Waals surface area contributed by atoms with E-state index in [2.05, 4.69) is 5.10 Å². The molecule has 0 unspecified atom stereocenters. The minimum Gasteiger partial charge on any atom is -0.321 e. The van der Waals surface area contributed by atoms with Crippen LogP contribution >= 0.6 is 12.2 Å². The van der Waals surface area contributed by atoms with Crippen molar-refractivity contribution in [1.29, 1.82) is 0 Å². The molecule has 4 nitrogen and oxygen atoms in total. The number of rotatable bonds is 4. The van der Waals surface area contributed by atoms with Crippen molar-refractivity contribution in [3.63, 3.8) is 0 Å². The number of hydrogen-bond donors (Lipinski definition) is 1. The molecular weight excluding hydrogens is 330 g/mol. The Morgan fingerprint density at radius 2 is 1.79 bits per heavy atom. The Morgan fingerprint density at radius 1 is 1.08 bits per heavy atom. The van der Waals surface area contributed by atoms with Gasteiger partial charge in [-0.2, -0.15) is 4.68 Å². The maximum Gasteiger partial charge on any atom is 0.207 e. The van der Waals surface area contributed by atoms with Crippen molar-refractivity contribution in [2.75, 3.05) is 14.1 Å². The lowest BCUT2D eigenvalue weighted by atomic mass is 10.2. The summed E-state index contributed by atoms with van der Waals surface area (Å²) in [5, 5.41) is 4.55. The van der Waals surface area contributed by atoms with E-state index in [-0.39, 0.29) is 5.69 Å². The van der Waals surface area contributed by atoms with E-state index in [1.54, 1.807) is 9.25 Å². The molecule has 1 aromatic heterocycles. The van der Waals surface area contributed by atoms with Gasteiger partial charge < -0.3 is 4.90 Å². The fourth-order valence-corrected chi connectivity index (χ4v) is 2.75. The molecule has 0 radical (unpaired) electrons. The predicted molar refractivity (Wildman–Crippen MR) is 90.6 cm³/mol. The fourth-order valence-electron chi connectivity index (χ4n) is 2.46. The van der Waals surface area contributed by atoms with Crippen molar-refractivity contribution in [1.82, 2.24) is 14.3 Å². The fraction of sp³-hybridized carbons (Fsp3) is 0.176. The summed E-state index contributed by atoms with van der Waals surface area (Å²) < 4.78 is 31.2. The molecule has 0 fully saturated rings. The molecule has 0 aliphatic rings. The van der Waals surface area contributed by atoms with Crippen LogP contribution in [-0.2, 0) is 6.67 Å². The van der Waals surface area contributed by atoms with Crippen LogP contribution in [0.1, 0.15) is 0 Å². The average molecular weight is 347 g/mol. The molecule has 2 aromatic carbocycles. The van der Waals surface area contributed by atoms with Crippen LogP contribution in [0, 0.1) is 16.4 Å². The summed E-state index contributed by atoms with van der Waals surface area (Å²) in [6, 6.07) is 12.8. The Balaban J connectivity index is 2.26. The highest BCUT2D eigenvalue weighted by Crippen LogP contribution is 2.24. The Kier molecular flexibility index (Phi) is 4.55. The van der Waals surface area contributed by atoms with Crippen LogP contribution in [-0.4, -0.2) is 28.4 Å². The zero-order valence-electron chi connectivity index (χ0n) is 13.3. The van der Waals surface area contributed by atoms with Crippen molar-refractivity contribution < 1.29 is 13.7 Å². The van der Waals surface area contributed by atoms with E-state index in [9.17, 15) is 8.78 Å². The Labute approximate surface area is 143 Å². The summed E-state index contributed by atoms with van der Waals surface area (Å²) in [5.41, 5.74) is 0.986. The maximum absolute atomic E-state index is 14.3. The van der Waals surface area contributed by atoms with Gasteiger partial charge in [0.2, 0.25) is 4.77 Å². The number of nitrogens with zero attached hydrogens (tertiary/aromatic N) is 3. The first-order valence-corrected chi connectivity index (χ1v) is 7.88. The second-order valence-corrected chi connectivity index (χ2v) is 6.13. The van der Waals surface area contributed by atoms with Gasteiger partial charge in [0, 0.05) is 11.6 Å². The predicted octanol–water partition coefficient (Wildman–Crippen LogP) is 2.45. The molecule has 0 aliphatic heterocycles. The van der Waals surface area contributed by atoms with Gasteiger partial charge in [-0.25, -0.2) is 8.78 Å². The van der Waals surface area contributed by atoms with Gasteiger partial charge in [-0.15, -0.1) is 5.10 Å². The number of halogens is 2. The Morgan fingerprint density at radius 3 is 2.42 bits per heavy atom. The number of aromatic nitrogens is 3. The van der Waals surface area contributed by atoms with Crippen molar-refractivity contribution in [3.8, 4) is 17.1 Å². The molecular formula is C17H17F2N4S+. The highest BCUT2D eigenvalue weighted by Gasteiger charge is 2.18. The van der Waals surface area contributed by atoms with Crippen LogP contribution in [0.2, 0.25) is 0 Å². The van der Waals surface area contributed by atoms with E-state index in [1.165, 1.54) is 12.1 Å². The van der Waals surface area contributed by atoms with Gasteiger partial charge in [0.1, 0.15) is 11.6 Å². The molecule has 3 aromatic rings. The molecule has 1 heterocycles. The summed E-state index contributed by atoms with van der Waals surface area (Å²) in [4.78, 5) is 1.12. The molecule has 7 heteroatoms. The van der Waals surface area contributed by atoms with Gasteiger partial charge in [0.25, 0.3) is 0 Å². The molecule has 1 N–H and O–H groups in total. The SMILES string of the molecule is C[NH+](C)Cn1nc(-c2ccccc2)n(-c2ccc(F)cc2F)c1=S. The van der Waals surface area contributed by atoms with E-state index in [0.29, 0.717) is 17.3 Å². The minimum atomic E-state index is -0.681. The summed E-state index contributed by atoms with van der Waals surface area (Å²) in [5.74, 6) is -0.790. The Bertz CT molecular complexity index is 916. The van der Waals surface area contributed by atoms with Gasteiger partial charge in [0.15, 0.2) is 12.5 Å². The third kappa shape index (κ3) is 3.13. The van der Waals surface area contributed by atoms with Crippen LogP contribution in [0.3, 0.4) is 0 Å². The molecule has 0 spiro atoms. The smallest absolute Gasteiger partial charge is 0.207 e. The molecule has 0 bridgehead atoms. The quantitative estimate of drug-likeness (QED) is 0.734. The third-order valence-electron chi connectivity index (χ3n) is 3.49. The number of quaternary nitrogens is 1. The number of nitrogens with one attached hydrogen (secondary N) is 1. The first-order valence-electron chi connectivity index (χ1n) is 7.47. The second kappa shape index (κ2) is 6.62. The Hall–Kier alpha value is -2.38. The standard InChI is InChI=1S/C17H16F2N4S/c1-21(2)11-22-17(24)23(15-9-8-13(18)10-14(15)19)16(20-22)12-6-4-3-5-7-12/h3-10H,11H2,1-2H3/p+1. The van der Waals surface area contributed by atoms with Gasteiger partial charge in [-0.05, 0) is 24.4 Å². The molecule has 124 valence electrons. The normalized spacial score (nSPS) is 11.2. The van der Waals surface area contributed by atoms with Crippen LogP contribution in [0.4, 0.5) is 8.78 Å². The minimum absolute atomic E-state index is 0.181. The monoisotopic (exact) mass is 347 g/mol. The number of benzene rings is 2. The summed E-state index contributed by atoms with van der Waals surface area (Å²) in [7, 11) is 3.95. The van der Waals surface area contributed by atoms with Crippen LogP contribution in [0.15, 0.2) is 48.5 Å². The molecule has 3 rings (SSSR count). The average Bonchev–Trinajstić information content (AvgIpc) is 2.85. The lowest BCUT2D eigenvalue weighted by Crippen LogP contribution is -3.05. The largest absolute Gasteiger partial charge is 0.321 e. The first kappa shape index (κ1) is 16.5. The maximum atomic E-state index is 14.3. The van der Waals surface area contributed by atoms with E-state index >= 15 is 0 Å². The van der Waals surface area contributed by atoms with Gasteiger partial charge >= 0.3 is 0 Å². The zero-order chi connectivity index (χ0) is 17.3. The highest BCUT2D eigenvalue weighted by molar-refractivity contribution is 7.71. The zero-order valence-corrected chi connectivity index (χ0v) is 14.1. The van der Waals surface area contributed by atoms with Crippen LogP contribution in [0.5, 0.6) is 0 Å². The lowest BCUT2D eigenvalue weighted by molar-refractivity contribution is -0.883. The van der Waals surface area contributed by atoms with Crippen molar-refractivity contribution in [3.05, 3.63) is 64.9 Å². The molecule has 0 amide bonds. The molecule has 0 saturated heterocycles. The summed E-state index contributed by atoms with van der Waals surface area (Å²) in [6.07, 6.45) is 0. The van der Waals surface area contributed by atoms with Crippen molar-refractivity contribution in [2.24, 2.45) is 0 Å². The first-order chi connectivity index (χ1) is 11.5. The van der Waals surface area contributed by atoms with Crippen LogP contribution in [0.25, 0.3) is 17.1 Å². The summed E-state index contributed by atoms with van der Waals surface area (Å²) in [6.45, 7) is 0.536. The second-order valence-electron chi connectivity index (χ2n) is 5.77. The third-order valence-corrected chi connectivity index (χ3v) is 3.88. The van der Waals surface area contributed by atoms with Crippen molar-refractivity contribution >= 4 is 12.2 Å². The highest BCUT2D eigenvalue weighted by atomic mass is 32.1. The molecule has 0 atom stereocenters. The van der Waals surface area contributed by atoms with Gasteiger partial charge in [-0.1, -0.05) is 30.3 Å². The topological polar surface area (TPSA) is 27.2 Å². The summed E-state index contributed by atoms with van der Waals surface area (Å²) >= 11 is 5.50. The van der Waals surface area contributed by atoms with E-state index in [0.717, 1.165) is 16.5 Å². The number of hydrogen-bond acceptors (Lipinski definition) is 2. The van der Waals surface area contributed by atoms with E-state index in [4.69, 9.17) is 12.2 Å². The van der Waals surface area contributed by atoms with Gasteiger partial charge in [-0.3, -0.25) is 4.57 Å². The van der Waals surface area contributed by atoms with E-state index < -0.39 is 11.6 Å². The van der Waals surface area contributed by atoms with E-state index in [1.807, 2.05) is 44.4 Å². The molecule has 0 aliphatic carbocycles. The molecule has 24 heavy (non-hydrogen) atoms. The van der Waals surface area contributed by atoms with Gasteiger partial charge in [0.05, 0.1) is 19.8 Å².